The van der Waals surface area contributed by atoms with Crippen LogP contribution in [-0.4, -0.2) is 44.5 Å². The van der Waals surface area contributed by atoms with Crippen molar-refractivity contribution in [3.63, 3.8) is 0 Å². The number of hydrogen-bond donors (Lipinski definition) is 3. The number of nitrogens with zero attached hydrogens (tertiary/aromatic N) is 2. The molecule has 0 spiro atoms. The van der Waals surface area contributed by atoms with E-state index >= 15 is 0 Å². The molecule has 0 amide bonds. The molecule has 88 valence electrons. The van der Waals surface area contributed by atoms with E-state index in [9.17, 15) is 4.79 Å². The molecule has 0 aliphatic rings. The first-order valence-corrected chi connectivity index (χ1v) is 5.13. The number of nitrogens with two attached hydrogens (primary N) is 1. The van der Waals surface area contributed by atoms with Crippen molar-refractivity contribution < 1.29 is 9.90 Å². The number of likely N-dealkylation sites (N-methyl/N-ethyl adjacent to an activating group) is 1. The third-order valence-corrected chi connectivity index (χ3v) is 2.43. The highest BCUT2D eigenvalue weighted by atomic mass is 32.1. The van der Waals surface area contributed by atoms with Gasteiger partial charge in [-0.15, -0.1) is 0 Å². The zero-order chi connectivity index (χ0) is 12.1. The fourth-order valence-electron chi connectivity index (χ4n) is 1.43. The summed E-state index contributed by atoms with van der Waals surface area (Å²) in [4.78, 5) is 19.4. The molecule has 0 radical (unpaired) electrons. The molecule has 1 rings (SSSR count). The van der Waals surface area contributed by atoms with E-state index < -0.39 is 5.97 Å². The Morgan fingerprint density at radius 3 is 2.94 bits per heavy atom. The van der Waals surface area contributed by atoms with Gasteiger partial charge < -0.3 is 15.8 Å². The molecule has 1 aromatic heterocycles. The number of imidazole rings is 1. The second-order valence-corrected chi connectivity index (χ2v) is 3.91. The summed E-state index contributed by atoms with van der Waals surface area (Å²) in [5.41, 5.74) is 6.39. The minimum atomic E-state index is -0.849. The molecule has 0 saturated heterocycles. The quantitative estimate of drug-likeness (QED) is 0.614. The molecule has 4 N–H and O–H groups in total. The fraction of sp³-hybridized carbons (Fsp3) is 0.444. The van der Waals surface area contributed by atoms with Crippen molar-refractivity contribution in [3.8, 4) is 0 Å². The number of carbonyl (C=O) groups is 1. The number of hydrogen-bond acceptors (Lipinski definition) is 4. The smallest absolute Gasteiger partial charge is 0.304 e. The number of aromatic amines is 1. The van der Waals surface area contributed by atoms with Crippen LogP contribution in [0.3, 0.4) is 0 Å². The lowest BCUT2D eigenvalue weighted by Crippen LogP contribution is -2.35. The Hall–Kier alpha value is -1.47. The molecule has 6 nitrogen and oxygen atoms in total. The average Bonchev–Trinajstić information content (AvgIpc) is 2.67. The first kappa shape index (κ1) is 12.6. The highest BCUT2D eigenvalue weighted by molar-refractivity contribution is 7.80. The van der Waals surface area contributed by atoms with Gasteiger partial charge in [0.1, 0.15) is 6.04 Å². The molecule has 1 unspecified atom stereocenters. The van der Waals surface area contributed by atoms with Crippen LogP contribution in [0.5, 0.6) is 0 Å². The fourth-order valence-corrected chi connectivity index (χ4v) is 1.73. The number of carboxylic acid groups (broad SMARTS) is 1. The molecule has 0 aromatic carbocycles. The van der Waals surface area contributed by atoms with Crippen molar-refractivity contribution in [2.75, 3.05) is 13.6 Å². The van der Waals surface area contributed by atoms with Crippen molar-refractivity contribution in [1.29, 1.82) is 0 Å². The van der Waals surface area contributed by atoms with Crippen LogP contribution < -0.4 is 5.73 Å². The molecule has 16 heavy (non-hydrogen) atoms. The Morgan fingerprint density at radius 1 is 1.81 bits per heavy atom. The molecule has 1 heterocycles. The minimum Gasteiger partial charge on any atom is -0.481 e. The first-order valence-electron chi connectivity index (χ1n) is 4.72. The van der Waals surface area contributed by atoms with E-state index in [2.05, 4.69) is 9.97 Å². The van der Waals surface area contributed by atoms with Crippen LogP contribution >= 0.6 is 12.2 Å². The number of thiocarbonyl (C=S) groups is 1. The van der Waals surface area contributed by atoms with E-state index in [1.165, 1.54) is 6.33 Å². The van der Waals surface area contributed by atoms with Crippen molar-refractivity contribution in [2.45, 2.75) is 12.5 Å². The number of rotatable bonds is 6. The van der Waals surface area contributed by atoms with Gasteiger partial charge in [-0.25, -0.2) is 4.98 Å². The van der Waals surface area contributed by atoms with E-state index in [4.69, 9.17) is 23.1 Å². The van der Waals surface area contributed by atoms with Crippen molar-refractivity contribution in [2.24, 2.45) is 5.73 Å². The van der Waals surface area contributed by atoms with Gasteiger partial charge in [0.25, 0.3) is 0 Å². The van der Waals surface area contributed by atoms with Gasteiger partial charge in [0.2, 0.25) is 0 Å². The number of nitrogens with one attached hydrogen (secondary N) is 1. The lowest BCUT2D eigenvalue weighted by Gasteiger charge is -2.25. The third-order valence-electron chi connectivity index (χ3n) is 2.20. The summed E-state index contributed by atoms with van der Waals surface area (Å²) in [7, 11) is 1.77. The number of aromatic nitrogens is 2. The molecular formula is C9H14N4O2S. The van der Waals surface area contributed by atoms with Crippen LogP contribution in [-0.2, 0) is 4.79 Å². The normalized spacial score (nSPS) is 12.6. The molecule has 1 aromatic rings. The second kappa shape index (κ2) is 5.57. The van der Waals surface area contributed by atoms with Crippen LogP contribution in [0, 0.1) is 0 Å². The molecule has 1 atom stereocenters. The maximum Gasteiger partial charge on any atom is 0.304 e. The summed E-state index contributed by atoms with van der Waals surface area (Å²) in [6.07, 6.45) is 3.20. The lowest BCUT2D eigenvalue weighted by atomic mass is 10.2. The zero-order valence-corrected chi connectivity index (χ0v) is 9.70. The Labute approximate surface area is 98.5 Å². The van der Waals surface area contributed by atoms with E-state index in [0.717, 1.165) is 5.69 Å². The summed E-state index contributed by atoms with van der Waals surface area (Å²) in [6, 6.07) is -0.308. The first-order chi connectivity index (χ1) is 7.52. The second-order valence-electron chi connectivity index (χ2n) is 3.44. The molecule has 0 fully saturated rings. The van der Waals surface area contributed by atoms with Crippen LogP contribution in [0.1, 0.15) is 18.2 Å². The van der Waals surface area contributed by atoms with Gasteiger partial charge in [0, 0.05) is 12.7 Å². The maximum absolute atomic E-state index is 10.5. The Morgan fingerprint density at radius 2 is 2.50 bits per heavy atom. The van der Waals surface area contributed by atoms with Gasteiger partial charge in [-0.1, -0.05) is 12.2 Å². The average molecular weight is 242 g/mol. The van der Waals surface area contributed by atoms with Gasteiger partial charge >= 0.3 is 5.97 Å². The zero-order valence-electron chi connectivity index (χ0n) is 8.88. The van der Waals surface area contributed by atoms with Crippen LogP contribution in [0.15, 0.2) is 12.5 Å². The third kappa shape index (κ3) is 3.28. The SMILES string of the molecule is CN(CCC(=O)O)C(C(N)=S)c1cnc[nH]1. The Kier molecular flexibility index (Phi) is 4.39. The van der Waals surface area contributed by atoms with Crippen LogP contribution in [0.25, 0.3) is 0 Å². The van der Waals surface area contributed by atoms with Crippen LogP contribution in [0.2, 0.25) is 0 Å². The summed E-state index contributed by atoms with van der Waals surface area (Å²) in [5.74, 6) is -0.849. The topological polar surface area (TPSA) is 95.2 Å². The van der Waals surface area contributed by atoms with Gasteiger partial charge in [0.15, 0.2) is 0 Å². The summed E-state index contributed by atoms with van der Waals surface area (Å²) < 4.78 is 0. The van der Waals surface area contributed by atoms with Crippen molar-refractivity contribution >= 4 is 23.2 Å². The predicted octanol–water partition coefficient (Wildman–Crippen LogP) is 0.143. The molecule has 7 heteroatoms. The van der Waals surface area contributed by atoms with E-state index in [-0.39, 0.29) is 17.5 Å². The maximum atomic E-state index is 10.5. The Balaban J connectivity index is 2.71. The Bertz CT molecular complexity index is 366. The lowest BCUT2D eigenvalue weighted by molar-refractivity contribution is -0.137. The minimum absolute atomic E-state index is 0.0454. The molecular weight excluding hydrogens is 228 g/mol. The van der Waals surface area contributed by atoms with Crippen molar-refractivity contribution in [3.05, 3.63) is 18.2 Å². The summed E-state index contributed by atoms with van der Waals surface area (Å²) in [5, 5.41) is 8.60. The standard InChI is InChI=1S/C9H14N4O2S/c1-13(3-2-7(14)15)8(9(10)16)6-4-11-5-12-6/h4-5,8H,2-3H2,1H3,(H2,10,16)(H,11,12)(H,14,15). The number of aliphatic carboxylic acids is 1. The largest absolute Gasteiger partial charge is 0.481 e. The van der Waals surface area contributed by atoms with E-state index in [1.54, 1.807) is 18.1 Å². The molecule has 0 saturated carbocycles. The highest BCUT2D eigenvalue weighted by Gasteiger charge is 2.21. The monoisotopic (exact) mass is 242 g/mol. The van der Waals surface area contributed by atoms with Gasteiger partial charge in [-0.05, 0) is 7.05 Å². The number of carboxylic acids is 1. The molecule has 0 aliphatic carbocycles. The van der Waals surface area contributed by atoms with Gasteiger partial charge in [-0.2, -0.15) is 0 Å². The van der Waals surface area contributed by atoms with Gasteiger partial charge in [-0.3, -0.25) is 9.69 Å². The molecule has 0 aliphatic heterocycles. The predicted molar refractivity (Wildman–Crippen MR) is 63.0 cm³/mol. The van der Waals surface area contributed by atoms with Crippen LogP contribution in [0.4, 0.5) is 0 Å². The van der Waals surface area contributed by atoms with Crippen molar-refractivity contribution in [1.82, 2.24) is 14.9 Å². The summed E-state index contributed by atoms with van der Waals surface area (Å²) >= 11 is 4.96. The van der Waals surface area contributed by atoms with E-state index in [1.807, 2.05) is 0 Å². The van der Waals surface area contributed by atoms with Gasteiger partial charge in [0.05, 0.1) is 23.4 Å². The summed E-state index contributed by atoms with van der Waals surface area (Å²) in [6.45, 7) is 0.371. The highest BCUT2D eigenvalue weighted by Crippen LogP contribution is 2.17. The van der Waals surface area contributed by atoms with E-state index in [0.29, 0.717) is 6.54 Å². The molecule has 0 bridgehead atoms. The number of H-pyrrole nitrogens is 1.